The van der Waals surface area contributed by atoms with Gasteiger partial charge in [0.2, 0.25) is 5.76 Å². The lowest BCUT2D eigenvalue weighted by molar-refractivity contribution is 0.0515. The molecule has 0 unspecified atom stereocenters. The molecule has 0 N–H and O–H groups in total. The van der Waals surface area contributed by atoms with Crippen LogP contribution in [0.1, 0.15) is 25.9 Å². The molecule has 9 heteroatoms. The van der Waals surface area contributed by atoms with Crippen molar-refractivity contribution in [2.24, 2.45) is 0 Å². The SMILES string of the molecule is Cc1cc(C(=O)N2CCN(C(=O)c3ccc(-c4ccc5c(c4)OCCO5)s3)CC2)on1. The summed E-state index contributed by atoms with van der Waals surface area (Å²) in [4.78, 5) is 30.6. The van der Waals surface area contributed by atoms with E-state index in [9.17, 15) is 9.59 Å². The van der Waals surface area contributed by atoms with Crippen molar-refractivity contribution in [3.63, 3.8) is 0 Å². The Balaban J connectivity index is 1.24. The molecule has 2 aliphatic heterocycles. The van der Waals surface area contributed by atoms with Crippen molar-refractivity contribution in [1.82, 2.24) is 15.0 Å². The van der Waals surface area contributed by atoms with Crippen LogP contribution in [0.4, 0.5) is 0 Å². The minimum atomic E-state index is -0.190. The molecule has 31 heavy (non-hydrogen) atoms. The van der Waals surface area contributed by atoms with Gasteiger partial charge in [0.1, 0.15) is 13.2 Å². The lowest BCUT2D eigenvalue weighted by Gasteiger charge is -2.34. The third-order valence-electron chi connectivity index (χ3n) is 5.34. The Kier molecular flexibility index (Phi) is 5.11. The molecule has 2 aromatic heterocycles. The van der Waals surface area contributed by atoms with Crippen molar-refractivity contribution in [3.05, 3.63) is 52.7 Å². The molecule has 5 rings (SSSR count). The van der Waals surface area contributed by atoms with Gasteiger partial charge in [0.15, 0.2) is 11.5 Å². The van der Waals surface area contributed by atoms with Gasteiger partial charge in [-0.1, -0.05) is 5.16 Å². The molecule has 0 aliphatic carbocycles. The van der Waals surface area contributed by atoms with E-state index in [1.165, 1.54) is 11.3 Å². The summed E-state index contributed by atoms with van der Waals surface area (Å²) < 4.78 is 16.3. The van der Waals surface area contributed by atoms with Gasteiger partial charge in [-0.2, -0.15) is 0 Å². The van der Waals surface area contributed by atoms with E-state index in [0.717, 1.165) is 21.9 Å². The average molecular weight is 439 g/mol. The highest BCUT2D eigenvalue weighted by Crippen LogP contribution is 2.37. The highest BCUT2D eigenvalue weighted by Gasteiger charge is 2.28. The molecule has 160 valence electrons. The molecule has 2 aliphatic rings. The molecule has 1 fully saturated rings. The second kappa shape index (κ2) is 8.07. The van der Waals surface area contributed by atoms with Crippen molar-refractivity contribution in [3.8, 4) is 21.9 Å². The number of rotatable bonds is 3. The van der Waals surface area contributed by atoms with E-state index in [4.69, 9.17) is 14.0 Å². The number of thiophene rings is 1. The van der Waals surface area contributed by atoms with Gasteiger partial charge in [-0.15, -0.1) is 11.3 Å². The minimum absolute atomic E-state index is 0.0172. The predicted octanol–water partition coefficient (Wildman–Crippen LogP) is 3.08. The van der Waals surface area contributed by atoms with Crippen LogP contribution in [0, 0.1) is 6.92 Å². The maximum atomic E-state index is 13.0. The highest BCUT2D eigenvalue weighted by molar-refractivity contribution is 7.17. The summed E-state index contributed by atoms with van der Waals surface area (Å²) in [6.07, 6.45) is 0. The van der Waals surface area contributed by atoms with E-state index in [1.54, 1.807) is 22.8 Å². The number of nitrogens with zero attached hydrogens (tertiary/aromatic N) is 3. The number of hydrogen-bond donors (Lipinski definition) is 0. The third kappa shape index (κ3) is 3.88. The molecule has 2 amide bonds. The summed E-state index contributed by atoms with van der Waals surface area (Å²) in [6, 6.07) is 11.3. The fraction of sp³-hybridized carbons (Fsp3) is 0.318. The number of piperazine rings is 1. The Morgan fingerprint density at radius 1 is 0.903 bits per heavy atom. The summed E-state index contributed by atoms with van der Waals surface area (Å²) in [6.45, 7) is 4.76. The lowest BCUT2D eigenvalue weighted by Crippen LogP contribution is -2.50. The topological polar surface area (TPSA) is 85.1 Å². The van der Waals surface area contributed by atoms with Crippen molar-refractivity contribution in [2.45, 2.75) is 6.92 Å². The first-order valence-corrected chi connectivity index (χ1v) is 10.9. The van der Waals surface area contributed by atoms with Crippen LogP contribution in [0.15, 0.2) is 40.9 Å². The number of aromatic nitrogens is 1. The monoisotopic (exact) mass is 439 g/mol. The standard InChI is InChI=1S/C22H21N3O5S/c1-14-12-18(30-23-14)21(26)24-6-8-25(9-7-24)22(27)20-5-4-19(31-20)15-2-3-16-17(13-15)29-11-10-28-16/h2-5,12-13H,6-11H2,1H3. The number of benzene rings is 1. The molecule has 1 saturated heterocycles. The smallest absolute Gasteiger partial charge is 0.292 e. The maximum absolute atomic E-state index is 13.0. The number of ether oxygens (including phenoxy) is 2. The molecular weight excluding hydrogens is 418 g/mol. The Labute approximate surface area is 182 Å². The van der Waals surface area contributed by atoms with Crippen LogP contribution in [0.3, 0.4) is 0 Å². The average Bonchev–Trinajstić information content (AvgIpc) is 3.47. The first-order chi connectivity index (χ1) is 15.1. The van der Waals surface area contributed by atoms with Crippen LogP contribution in [-0.4, -0.2) is 66.2 Å². The van der Waals surface area contributed by atoms with Gasteiger partial charge in [0.25, 0.3) is 11.8 Å². The Morgan fingerprint density at radius 3 is 2.32 bits per heavy atom. The molecular formula is C22H21N3O5S. The van der Waals surface area contributed by atoms with E-state index in [0.29, 0.717) is 50.0 Å². The van der Waals surface area contributed by atoms with Gasteiger partial charge in [-0.05, 0) is 42.8 Å². The molecule has 4 heterocycles. The van der Waals surface area contributed by atoms with Crippen LogP contribution >= 0.6 is 11.3 Å². The summed E-state index contributed by atoms with van der Waals surface area (Å²) in [5.74, 6) is 1.50. The first kappa shape index (κ1) is 19.6. The van der Waals surface area contributed by atoms with Crippen molar-refractivity contribution in [1.29, 1.82) is 0 Å². The molecule has 1 aromatic carbocycles. The van der Waals surface area contributed by atoms with Crippen LogP contribution < -0.4 is 9.47 Å². The van der Waals surface area contributed by atoms with Crippen LogP contribution in [0.25, 0.3) is 10.4 Å². The quantitative estimate of drug-likeness (QED) is 0.624. The Morgan fingerprint density at radius 2 is 1.61 bits per heavy atom. The zero-order chi connectivity index (χ0) is 21.4. The van der Waals surface area contributed by atoms with Crippen molar-refractivity contribution in [2.75, 3.05) is 39.4 Å². The largest absolute Gasteiger partial charge is 0.486 e. The number of carbonyl (C=O) groups is 2. The second-order valence-corrected chi connectivity index (χ2v) is 8.52. The van der Waals surface area contributed by atoms with Gasteiger partial charge >= 0.3 is 0 Å². The fourth-order valence-electron chi connectivity index (χ4n) is 3.69. The molecule has 0 saturated carbocycles. The fourth-order valence-corrected chi connectivity index (χ4v) is 4.66. The van der Waals surface area contributed by atoms with E-state index in [1.807, 2.05) is 30.3 Å². The molecule has 8 nitrogen and oxygen atoms in total. The normalized spacial score (nSPS) is 15.8. The van der Waals surface area contributed by atoms with Crippen LogP contribution in [-0.2, 0) is 0 Å². The zero-order valence-corrected chi connectivity index (χ0v) is 17.8. The molecule has 0 radical (unpaired) electrons. The molecule has 0 atom stereocenters. The van der Waals surface area contributed by atoms with E-state index < -0.39 is 0 Å². The van der Waals surface area contributed by atoms with Crippen LogP contribution in [0.2, 0.25) is 0 Å². The summed E-state index contributed by atoms with van der Waals surface area (Å²) in [5, 5.41) is 3.77. The van der Waals surface area contributed by atoms with Gasteiger partial charge < -0.3 is 23.8 Å². The summed E-state index contributed by atoms with van der Waals surface area (Å²) in [5.41, 5.74) is 1.66. The van der Waals surface area contributed by atoms with Crippen molar-refractivity contribution < 1.29 is 23.6 Å². The predicted molar refractivity (Wildman–Crippen MR) is 114 cm³/mol. The van der Waals surface area contributed by atoms with Gasteiger partial charge in [-0.3, -0.25) is 9.59 Å². The Hall–Kier alpha value is -3.33. The van der Waals surface area contributed by atoms with E-state index >= 15 is 0 Å². The molecule has 3 aromatic rings. The molecule has 0 bridgehead atoms. The van der Waals surface area contributed by atoms with Gasteiger partial charge in [0.05, 0.1) is 10.6 Å². The zero-order valence-electron chi connectivity index (χ0n) is 17.0. The minimum Gasteiger partial charge on any atom is -0.486 e. The Bertz CT molecular complexity index is 1130. The number of fused-ring (bicyclic) bond motifs is 1. The van der Waals surface area contributed by atoms with E-state index in [2.05, 4.69) is 5.16 Å². The third-order valence-corrected chi connectivity index (χ3v) is 6.46. The number of hydrogen-bond acceptors (Lipinski definition) is 7. The summed E-state index contributed by atoms with van der Waals surface area (Å²) >= 11 is 1.45. The number of aryl methyl sites for hydroxylation is 1. The maximum Gasteiger partial charge on any atom is 0.292 e. The highest BCUT2D eigenvalue weighted by atomic mass is 32.1. The molecule has 0 spiro atoms. The first-order valence-electron chi connectivity index (χ1n) is 10.1. The van der Waals surface area contributed by atoms with Gasteiger partial charge in [-0.25, -0.2) is 0 Å². The number of amides is 2. The number of carbonyl (C=O) groups excluding carboxylic acids is 2. The van der Waals surface area contributed by atoms with Crippen molar-refractivity contribution >= 4 is 23.2 Å². The van der Waals surface area contributed by atoms with Gasteiger partial charge in [0, 0.05) is 37.1 Å². The summed E-state index contributed by atoms with van der Waals surface area (Å²) in [7, 11) is 0. The lowest BCUT2D eigenvalue weighted by atomic mass is 10.1. The second-order valence-electron chi connectivity index (χ2n) is 7.44. The van der Waals surface area contributed by atoms with E-state index in [-0.39, 0.29) is 17.6 Å². The van der Waals surface area contributed by atoms with Crippen LogP contribution in [0.5, 0.6) is 11.5 Å².